The van der Waals surface area contributed by atoms with E-state index in [0.29, 0.717) is 26.5 Å². The molecule has 0 saturated heterocycles. The van der Waals surface area contributed by atoms with Crippen LogP contribution in [-0.4, -0.2) is 31.0 Å². The summed E-state index contributed by atoms with van der Waals surface area (Å²) in [5.41, 5.74) is 6.63. The van der Waals surface area contributed by atoms with Crippen LogP contribution in [0.4, 0.5) is 0 Å². The van der Waals surface area contributed by atoms with E-state index in [9.17, 15) is 9.59 Å². The number of hydrogen-bond donors (Lipinski definition) is 2. The SMILES string of the molecule is COc1cc(C(=O)NNC(=O)c2sc(-c3ccccc3)nc2C)cc(OC)c1Br. The van der Waals surface area contributed by atoms with Crippen molar-refractivity contribution in [2.75, 3.05) is 14.2 Å². The normalized spacial score (nSPS) is 10.3. The number of rotatable bonds is 5. The molecule has 7 nitrogen and oxygen atoms in total. The Labute approximate surface area is 180 Å². The quantitative estimate of drug-likeness (QED) is 0.544. The van der Waals surface area contributed by atoms with Crippen LogP contribution in [0.25, 0.3) is 10.6 Å². The summed E-state index contributed by atoms with van der Waals surface area (Å²) in [7, 11) is 2.97. The van der Waals surface area contributed by atoms with Crippen molar-refractivity contribution in [1.82, 2.24) is 15.8 Å². The topological polar surface area (TPSA) is 89.6 Å². The predicted molar refractivity (Wildman–Crippen MR) is 114 cm³/mol. The molecule has 0 spiro atoms. The van der Waals surface area contributed by atoms with E-state index in [0.717, 1.165) is 10.6 Å². The Morgan fingerprint density at radius 1 is 1.00 bits per heavy atom. The van der Waals surface area contributed by atoms with Crippen LogP contribution in [0.2, 0.25) is 0 Å². The smallest absolute Gasteiger partial charge is 0.281 e. The summed E-state index contributed by atoms with van der Waals surface area (Å²) in [6.45, 7) is 1.75. The van der Waals surface area contributed by atoms with E-state index in [1.807, 2.05) is 30.3 Å². The molecule has 2 amide bonds. The van der Waals surface area contributed by atoms with Crippen LogP contribution in [-0.2, 0) is 0 Å². The van der Waals surface area contributed by atoms with Crippen molar-refractivity contribution in [2.45, 2.75) is 6.92 Å². The summed E-state index contributed by atoms with van der Waals surface area (Å²) in [5.74, 6) is -0.0715. The van der Waals surface area contributed by atoms with Gasteiger partial charge in [-0.1, -0.05) is 30.3 Å². The minimum absolute atomic E-state index is 0.271. The monoisotopic (exact) mass is 475 g/mol. The van der Waals surface area contributed by atoms with E-state index >= 15 is 0 Å². The summed E-state index contributed by atoms with van der Waals surface area (Å²) in [6.07, 6.45) is 0. The highest BCUT2D eigenvalue weighted by molar-refractivity contribution is 9.10. The van der Waals surface area contributed by atoms with Crippen LogP contribution in [0.15, 0.2) is 46.9 Å². The lowest BCUT2D eigenvalue weighted by Crippen LogP contribution is -2.41. The summed E-state index contributed by atoms with van der Waals surface area (Å²) in [6, 6.07) is 12.7. The van der Waals surface area contributed by atoms with Crippen LogP contribution in [0.5, 0.6) is 11.5 Å². The summed E-state index contributed by atoms with van der Waals surface area (Å²) in [4.78, 5) is 29.9. The number of nitrogens with zero attached hydrogens (tertiary/aromatic N) is 1. The van der Waals surface area contributed by atoms with Gasteiger partial charge in [0.05, 0.1) is 19.9 Å². The molecule has 29 heavy (non-hydrogen) atoms. The molecule has 2 aromatic carbocycles. The minimum Gasteiger partial charge on any atom is -0.495 e. The van der Waals surface area contributed by atoms with Crippen molar-refractivity contribution in [3.8, 4) is 22.1 Å². The molecule has 1 aromatic heterocycles. The number of ether oxygens (including phenoxy) is 2. The third-order valence-corrected chi connectivity index (χ3v) is 6.01. The fourth-order valence-electron chi connectivity index (χ4n) is 2.55. The van der Waals surface area contributed by atoms with Gasteiger partial charge in [-0.2, -0.15) is 0 Å². The van der Waals surface area contributed by atoms with Gasteiger partial charge in [-0.15, -0.1) is 11.3 Å². The number of aromatic nitrogens is 1. The molecule has 0 bridgehead atoms. The predicted octanol–water partition coefficient (Wildman–Crippen LogP) is 3.97. The van der Waals surface area contributed by atoms with Crippen LogP contribution in [0.3, 0.4) is 0 Å². The lowest BCUT2D eigenvalue weighted by molar-refractivity contribution is 0.0848. The molecular weight excluding hydrogens is 458 g/mol. The number of hydrogen-bond acceptors (Lipinski definition) is 6. The molecule has 0 aliphatic carbocycles. The van der Waals surface area contributed by atoms with E-state index in [-0.39, 0.29) is 5.56 Å². The van der Waals surface area contributed by atoms with Crippen molar-refractivity contribution < 1.29 is 19.1 Å². The number of amides is 2. The molecular formula is C20H18BrN3O4S. The van der Waals surface area contributed by atoms with E-state index in [1.165, 1.54) is 25.6 Å². The maximum absolute atomic E-state index is 12.5. The number of benzene rings is 2. The Hall–Kier alpha value is -2.91. The molecule has 3 rings (SSSR count). The van der Waals surface area contributed by atoms with Crippen molar-refractivity contribution in [2.24, 2.45) is 0 Å². The van der Waals surface area contributed by atoms with Gasteiger partial charge >= 0.3 is 0 Å². The first-order valence-electron chi connectivity index (χ1n) is 8.49. The van der Waals surface area contributed by atoms with Gasteiger partial charge in [0, 0.05) is 11.1 Å². The number of carbonyl (C=O) groups excluding carboxylic acids is 2. The Bertz CT molecular complexity index is 1030. The summed E-state index contributed by atoms with van der Waals surface area (Å²) in [5, 5.41) is 0.738. The van der Waals surface area contributed by atoms with Crippen LogP contribution in [0.1, 0.15) is 25.7 Å². The second kappa shape index (κ2) is 9.06. The van der Waals surface area contributed by atoms with Crippen LogP contribution in [0, 0.1) is 6.92 Å². The molecule has 150 valence electrons. The molecule has 0 atom stereocenters. The molecule has 0 fully saturated rings. The number of carbonyl (C=O) groups is 2. The molecule has 1 heterocycles. The van der Waals surface area contributed by atoms with E-state index in [1.54, 1.807) is 19.1 Å². The summed E-state index contributed by atoms with van der Waals surface area (Å²) >= 11 is 4.61. The number of aryl methyl sites for hydroxylation is 1. The zero-order chi connectivity index (χ0) is 21.0. The van der Waals surface area contributed by atoms with Gasteiger partial charge in [0.15, 0.2) is 0 Å². The summed E-state index contributed by atoms with van der Waals surface area (Å²) < 4.78 is 11.1. The first kappa shape index (κ1) is 20.8. The average molecular weight is 476 g/mol. The number of hydrazine groups is 1. The van der Waals surface area contributed by atoms with Crippen molar-refractivity contribution in [3.63, 3.8) is 0 Å². The molecule has 0 radical (unpaired) electrons. The molecule has 0 aliphatic heterocycles. The molecule has 0 unspecified atom stereocenters. The molecule has 3 aromatic rings. The van der Waals surface area contributed by atoms with Gasteiger partial charge < -0.3 is 9.47 Å². The van der Waals surface area contributed by atoms with Crippen LogP contribution < -0.4 is 20.3 Å². The lowest BCUT2D eigenvalue weighted by atomic mass is 10.2. The van der Waals surface area contributed by atoms with Crippen molar-refractivity contribution in [1.29, 1.82) is 0 Å². The number of thiazole rings is 1. The van der Waals surface area contributed by atoms with Gasteiger partial charge in [0.25, 0.3) is 11.8 Å². The molecule has 2 N–H and O–H groups in total. The maximum Gasteiger partial charge on any atom is 0.281 e. The standard InChI is InChI=1S/C20H18BrN3O4S/c1-11-17(29-20(22-11)12-7-5-4-6-8-12)19(26)24-23-18(25)13-9-14(27-2)16(21)15(10-13)28-3/h4-10H,1-3H3,(H,23,25)(H,24,26). The van der Waals surface area contributed by atoms with E-state index in [4.69, 9.17) is 9.47 Å². The minimum atomic E-state index is -0.507. The lowest BCUT2D eigenvalue weighted by Gasteiger charge is -2.12. The Balaban J connectivity index is 1.73. The Morgan fingerprint density at radius 3 is 2.17 bits per heavy atom. The van der Waals surface area contributed by atoms with Crippen molar-refractivity contribution in [3.05, 3.63) is 63.1 Å². The van der Waals surface area contributed by atoms with Gasteiger partial charge in [-0.3, -0.25) is 20.4 Å². The number of halogens is 1. The molecule has 9 heteroatoms. The number of methoxy groups -OCH3 is 2. The van der Waals surface area contributed by atoms with Gasteiger partial charge in [0.1, 0.15) is 25.9 Å². The molecule has 0 saturated carbocycles. The zero-order valence-corrected chi connectivity index (χ0v) is 18.3. The van der Waals surface area contributed by atoms with E-state index < -0.39 is 11.8 Å². The van der Waals surface area contributed by atoms with Crippen LogP contribution >= 0.6 is 27.3 Å². The number of nitrogens with one attached hydrogen (secondary N) is 2. The highest BCUT2D eigenvalue weighted by atomic mass is 79.9. The van der Waals surface area contributed by atoms with Gasteiger partial charge in [-0.25, -0.2) is 4.98 Å². The third-order valence-electron chi connectivity index (χ3n) is 4.02. The molecule has 0 aliphatic rings. The first-order valence-corrected chi connectivity index (χ1v) is 10.1. The highest BCUT2D eigenvalue weighted by Gasteiger charge is 2.18. The maximum atomic E-state index is 12.5. The van der Waals surface area contributed by atoms with Gasteiger partial charge in [-0.05, 0) is 35.0 Å². The second-order valence-corrected chi connectivity index (χ2v) is 7.69. The second-order valence-electron chi connectivity index (χ2n) is 5.90. The highest BCUT2D eigenvalue weighted by Crippen LogP contribution is 2.35. The fraction of sp³-hybridized carbons (Fsp3) is 0.150. The Morgan fingerprint density at radius 2 is 1.59 bits per heavy atom. The fourth-order valence-corrected chi connectivity index (χ4v) is 4.07. The largest absolute Gasteiger partial charge is 0.495 e. The van der Waals surface area contributed by atoms with E-state index in [2.05, 4.69) is 31.8 Å². The zero-order valence-electron chi connectivity index (χ0n) is 15.9. The van der Waals surface area contributed by atoms with Gasteiger partial charge in [0.2, 0.25) is 0 Å². The van der Waals surface area contributed by atoms with Crippen molar-refractivity contribution >= 4 is 39.1 Å². The Kier molecular flexibility index (Phi) is 6.50. The average Bonchev–Trinajstić information content (AvgIpc) is 3.14. The third kappa shape index (κ3) is 4.57. The first-order chi connectivity index (χ1) is 13.9.